The number of hydrogen-bond acceptors (Lipinski definition) is 2. The first-order valence-electron chi connectivity index (χ1n) is 13.3. The molecule has 4 heteroatoms. The van der Waals surface area contributed by atoms with Gasteiger partial charge < -0.3 is 4.57 Å². The third-order valence-electron chi connectivity index (χ3n) is 7.78. The molecule has 4 nitrogen and oxygen atoms in total. The predicted octanol–water partition coefficient (Wildman–Crippen LogP) is 8.81. The van der Waals surface area contributed by atoms with Crippen molar-refractivity contribution in [2.75, 3.05) is 0 Å². The average molecular weight is 511 g/mol. The molecular weight excluding hydrogens is 488 g/mol. The molecule has 0 aliphatic heterocycles. The lowest BCUT2D eigenvalue weighted by Crippen LogP contribution is -2.00. The predicted molar refractivity (Wildman–Crippen MR) is 163 cm³/mol. The van der Waals surface area contributed by atoms with Gasteiger partial charge in [0.05, 0.1) is 39.4 Å². The zero-order valence-corrected chi connectivity index (χ0v) is 21.5. The van der Waals surface area contributed by atoms with E-state index < -0.39 is 0 Å². The molecular formula is C36H22N4. The fourth-order valence-corrected chi connectivity index (χ4v) is 6.05. The maximum absolute atomic E-state index is 10.1. The topological polar surface area (TPSA) is 46.5 Å². The second kappa shape index (κ2) is 8.69. The second-order valence-electron chi connectivity index (χ2n) is 9.96. The van der Waals surface area contributed by atoms with Gasteiger partial charge in [0.1, 0.15) is 5.82 Å². The van der Waals surface area contributed by atoms with Crippen LogP contribution in [0.2, 0.25) is 0 Å². The number of para-hydroxylation sites is 4. The van der Waals surface area contributed by atoms with Crippen LogP contribution in [0.3, 0.4) is 0 Å². The lowest BCUT2D eigenvalue weighted by atomic mass is 10.0. The molecule has 0 bridgehead atoms. The molecule has 0 aliphatic rings. The molecule has 0 atom stereocenters. The van der Waals surface area contributed by atoms with Crippen LogP contribution in [-0.4, -0.2) is 14.1 Å². The van der Waals surface area contributed by atoms with Gasteiger partial charge in [0.25, 0.3) is 0 Å². The summed E-state index contributed by atoms with van der Waals surface area (Å²) in [5.74, 6) is 0.820. The molecule has 186 valence electrons. The summed E-state index contributed by atoms with van der Waals surface area (Å²) < 4.78 is 4.48. The van der Waals surface area contributed by atoms with E-state index in [1.165, 1.54) is 21.5 Å². The molecule has 0 radical (unpaired) electrons. The molecule has 8 rings (SSSR count). The van der Waals surface area contributed by atoms with E-state index in [9.17, 15) is 5.26 Å². The summed E-state index contributed by atoms with van der Waals surface area (Å²) in [5, 5.41) is 14.9. The van der Waals surface area contributed by atoms with Crippen molar-refractivity contribution in [1.82, 2.24) is 14.1 Å². The lowest BCUT2D eigenvalue weighted by Gasteiger charge is -2.13. The third kappa shape index (κ3) is 3.22. The Morgan fingerprint density at radius 3 is 1.52 bits per heavy atom. The highest BCUT2D eigenvalue weighted by atomic mass is 15.1. The van der Waals surface area contributed by atoms with Crippen molar-refractivity contribution >= 4 is 43.6 Å². The van der Waals surface area contributed by atoms with Crippen LogP contribution in [0.4, 0.5) is 0 Å². The van der Waals surface area contributed by atoms with Gasteiger partial charge >= 0.3 is 0 Å². The van der Waals surface area contributed by atoms with Gasteiger partial charge in [-0.25, -0.2) is 4.98 Å². The van der Waals surface area contributed by atoms with Crippen molar-refractivity contribution in [3.05, 3.63) is 139 Å². The van der Waals surface area contributed by atoms with E-state index in [4.69, 9.17) is 4.98 Å². The Kier molecular flexibility index (Phi) is 4.85. The lowest BCUT2D eigenvalue weighted by molar-refractivity contribution is 1.08. The first kappa shape index (κ1) is 22.3. The van der Waals surface area contributed by atoms with E-state index in [2.05, 4.69) is 118 Å². The fraction of sp³-hybridized carbons (Fsp3) is 0. The van der Waals surface area contributed by atoms with Crippen molar-refractivity contribution in [1.29, 1.82) is 5.26 Å². The Morgan fingerprint density at radius 2 is 1.00 bits per heavy atom. The molecule has 0 saturated heterocycles. The van der Waals surface area contributed by atoms with Crippen LogP contribution in [0.25, 0.3) is 66.4 Å². The van der Waals surface area contributed by atoms with Crippen LogP contribution in [0.1, 0.15) is 5.56 Å². The molecule has 0 N–H and O–H groups in total. The number of rotatable bonds is 3. The van der Waals surface area contributed by atoms with Gasteiger partial charge in [0.2, 0.25) is 0 Å². The van der Waals surface area contributed by atoms with E-state index in [1.807, 2.05) is 30.3 Å². The highest BCUT2D eigenvalue weighted by Crippen LogP contribution is 2.35. The summed E-state index contributed by atoms with van der Waals surface area (Å²) in [5.41, 5.74) is 7.63. The van der Waals surface area contributed by atoms with Crippen molar-refractivity contribution in [2.24, 2.45) is 0 Å². The monoisotopic (exact) mass is 510 g/mol. The first-order chi connectivity index (χ1) is 19.8. The smallest absolute Gasteiger partial charge is 0.138 e. The van der Waals surface area contributed by atoms with Gasteiger partial charge in [0.15, 0.2) is 0 Å². The zero-order chi connectivity index (χ0) is 26.6. The maximum Gasteiger partial charge on any atom is 0.138 e. The molecule has 0 aliphatic carbocycles. The van der Waals surface area contributed by atoms with Gasteiger partial charge in [-0.05, 0) is 54.6 Å². The van der Waals surface area contributed by atoms with Crippen LogP contribution in [0, 0.1) is 11.3 Å². The fourth-order valence-electron chi connectivity index (χ4n) is 6.05. The Bertz CT molecular complexity index is 2190. The quantitative estimate of drug-likeness (QED) is 0.238. The first-order valence-corrected chi connectivity index (χ1v) is 13.3. The van der Waals surface area contributed by atoms with E-state index >= 15 is 0 Å². The number of hydrogen-bond donors (Lipinski definition) is 0. The summed E-state index contributed by atoms with van der Waals surface area (Å²) in [4.78, 5) is 5.14. The van der Waals surface area contributed by atoms with Crippen LogP contribution in [-0.2, 0) is 0 Å². The van der Waals surface area contributed by atoms with Gasteiger partial charge in [-0.15, -0.1) is 0 Å². The average Bonchev–Trinajstić information content (AvgIpc) is 3.54. The molecule has 3 aromatic heterocycles. The molecule has 0 unspecified atom stereocenters. The minimum Gasteiger partial charge on any atom is -0.309 e. The highest BCUT2D eigenvalue weighted by molar-refractivity contribution is 6.10. The summed E-state index contributed by atoms with van der Waals surface area (Å²) in [7, 11) is 0. The van der Waals surface area contributed by atoms with E-state index in [0.717, 1.165) is 44.8 Å². The molecule has 40 heavy (non-hydrogen) atoms. The van der Waals surface area contributed by atoms with E-state index in [1.54, 1.807) is 0 Å². The SMILES string of the molecule is N#Cc1ccc(-n2c3ccccc3c3ccccc32)cc1-c1cccc(-n2c3ccccc3c3ccccc32)n1. The second-order valence-corrected chi connectivity index (χ2v) is 9.96. The summed E-state index contributed by atoms with van der Waals surface area (Å²) >= 11 is 0. The number of nitriles is 1. The molecule has 0 fully saturated rings. The minimum absolute atomic E-state index is 0.594. The van der Waals surface area contributed by atoms with E-state index in [0.29, 0.717) is 5.56 Å². The largest absolute Gasteiger partial charge is 0.309 e. The van der Waals surface area contributed by atoms with Crippen LogP contribution in [0.15, 0.2) is 133 Å². The van der Waals surface area contributed by atoms with Crippen molar-refractivity contribution in [3.8, 4) is 28.8 Å². The standard InChI is InChI=1S/C36H22N4/c37-23-24-20-21-25(39-32-15-5-1-10-26(32)27-11-2-6-16-33(27)39)22-30(24)31-14-9-19-36(38-31)40-34-17-7-3-12-28(34)29-13-4-8-18-35(29)40/h1-22H. The number of fused-ring (bicyclic) bond motifs is 6. The molecule has 0 amide bonds. The maximum atomic E-state index is 10.1. The zero-order valence-electron chi connectivity index (χ0n) is 21.5. The summed E-state index contributed by atoms with van der Waals surface area (Å²) in [6.45, 7) is 0. The van der Waals surface area contributed by atoms with Crippen LogP contribution < -0.4 is 0 Å². The van der Waals surface area contributed by atoms with Gasteiger partial charge in [-0.3, -0.25) is 4.57 Å². The Balaban J connectivity index is 1.36. The summed E-state index contributed by atoms with van der Waals surface area (Å²) in [6, 6.07) is 48.2. The highest BCUT2D eigenvalue weighted by Gasteiger charge is 2.16. The molecule has 5 aromatic carbocycles. The van der Waals surface area contributed by atoms with Crippen molar-refractivity contribution in [3.63, 3.8) is 0 Å². The molecule has 0 spiro atoms. The number of aromatic nitrogens is 3. The number of benzene rings is 5. The molecule has 3 heterocycles. The number of pyridine rings is 1. The number of nitrogens with zero attached hydrogens (tertiary/aromatic N) is 4. The Hall–Kier alpha value is -5.66. The van der Waals surface area contributed by atoms with Crippen LogP contribution in [0.5, 0.6) is 0 Å². The molecule has 0 saturated carbocycles. The van der Waals surface area contributed by atoms with Crippen molar-refractivity contribution in [2.45, 2.75) is 0 Å². The third-order valence-corrected chi connectivity index (χ3v) is 7.78. The normalized spacial score (nSPS) is 11.5. The van der Waals surface area contributed by atoms with Gasteiger partial charge in [-0.1, -0.05) is 78.9 Å². The minimum atomic E-state index is 0.594. The van der Waals surface area contributed by atoms with Crippen molar-refractivity contribution < 1.29 is 0 Å². The van der Waals surface area contributed by atoms with Gasteiger partial charge in [-0.2, -0.15) is 5.26 Å². The summed E-state index contributed by atoms with van der Waals surface area (Å²) in [6.07, 6.45) is 0. The van der Waals surface area contributed by atoms with Gasteiger partial charge in [0, 0.05) is 32.8 Å². The Labute approximate surface area is 230 Å². The Morgan fingerprint density at radius 1 is 0.500 bits per heavy atom. The molecule has 8 aromatic rings. The van der Waals surface area contributed by atoms with E-state index in [-0.39, 0.29) is 0 Å². The van der Waals surface area contributed by atoms with Crippen LogP contribution >= 0.6 is 0 Å².